The van der Waals surface area contributed by atoms with Gasteiger partial charge in [-0.25, -0.2) is 19.2 Å². The van der Waals surface area contributed by atoms with Crippen LogP contribution >= 0.6 is 0 Å². The van der Waals surface area contributed by atoms with E-state index in [4.69, 9.17) is 20.4 Å². The first-order chi connectivity index (χ1) is 16.2. The Balaban J connectivity index is 2.70. The summed E-state index contributed by atoms with van der Waals surface area (Å²) in [6.07, 6.45) is 0. The summed E-state index contributed by atoms with van der Waals surface area (Å²) < 4.78 is 116. The number of hydrogen-bond acceptors (Lipinski definition) is 4. The average Bonchev–Trinajstić information content (AvgIpc) is 2.77. The summed E-state index contributed by atoms with van der Waals surface area (Å²) in [6.45, 7) is 0. The molecule has 0 amide bonds. The molecule has 8 nitrogen and oxygen atoms in total. The van der Waals surface area contributed by atoms with Crippen LogP contribution in [-0.4, -0.2) is 56.1 Å². The Bertz CT molecular complexity index is 1170. The smallest absolute Gasteiger partial charge is 0.382 e. The summed E-state index contributed by atoms with van der Waals surface area (Å²) in [4.78, 5) is 44.2. The molecule has 16 heteroatoms. The van der Waals surface area contributed by atoms with Gasteiger partial charge in [0.15, 0.2) is 0 Å². The lowest BCUT2D eigenvalue weighted by molar-refractivity contribution is -0.374. The van der Waals surface area contributed by atoms with E-state index in [0.29, 0.717) is 0 Å². The molecule has 2 aromatic rings. The van der Waals surface area contributed by atoms with Crippen LogP contribution in [0.4, 0.5) is 35.1 Å². The van der Waals surface area contributed by atoms with Gasteiger partial charge in [0.1, 0.15) is 0 Å². The fourth-order valence-corrected chi connectivity index (χ4v) is 2.96. The lowest BCUT2D eigenvalue weighted by Gasteiger charge is -2.37. The van der Waals surface area contributed by atoms with Gasteiger partial charge in [-0.05, 0) is 24.3 Å². The number of carboxylic acids is 4. The van der Waals surface area contributed by atoms with Crippen molar-refractivity contribution in [3.8, 4) is 0 Å². The van der Waals surface area contributed by atoms with Crippen LogP contribution in [0.3, 0.4) is 0 Å². The van der Waals surface area contributed by atoms with E-state index in [-0.39, 0.29) is 24.3 Å². The van der Waals surface area contributed by atoms with E-state index >= 15 is 0 Å². The number of carbonyl (C=O) groups is 4. The normalized spacial score (nSPS) is 12.8. The van der Waals surface area contributed by atoms with Crippen molar-refractivity contribution in [2.24, 2.45) is 0 Å². The molecule has 2 rings (SSSR count). The number of aromatic carboxylic acids is 4. The second-order valence-corrected chi connectivity index (χ2v) is 7.04. The Morgan fingerprint density at radius 2 is 0.722 bits per heavy atom. The maximum atomic E-state index is 14.6. The van der Waals surface area contributed by atoms with Crippen molar-refractivity contribution >= 4 is 23.9 Å². The van der Waals surface area contributed by atoms with Crippen LogP contribution in [0.15, 0.2) is 36.4 Å². The molecule has 0 bridgehead atoms. The minimum Gasteiger partial charge on any atom is -0.478 e. The van der Waals surface area contributed by atoms with Crippen LogP contribution < -0.4 is 0 Å². The first-order valence-electron chi connectivity index (χ1n) is 8.95. The number of rotatable bonds is 9. The van der Waals surface area contributed by atoms with Gasteiger partial charge in [-0.15, -0.1) is 0 Å². The molecule has 0 atom stereocenters. The maximum Gasteiger partial charge on any atom is 0.382 e. The minimum absolute atomic E-state index is 0.0607. The van der Waals surface area contributed by atoms with Crippen LogP contribution in [0, 0.1) is 0 Å². The maximum absolute atomic E-state index is 14.6. The van der Waals surface area contributed by atoms with E-state index in [1.54, 1.807) is 0 Å². The molecule has 0 spiro atoms. The molecular weight excluding hydrogens is 520 g/mol. The summed E-state index contributed by atoms with van der Waals surface area (Å²) >= 11 is 0. The molecule has 194 valence electrons. The van der Waals surface area contributed by atoms with Crippen LogP contribution in [0.5, 0.6) is 0 Å². The summed E-state index contributed by atoms with van der Waals surface area (Å²) in [7, 11) is 0. The van der Waals surface area contributed by atoms with E-state index < -0.39 is 93.1 Å². The minimum atomic E-state index is -7.00. The van der Waals surface area contributed by atoms with Crippen LogP contribution in [-0.2, 0) is 11.8 Å². The van der Waals surface area contributed by atoms with Crippen molar-refractivity contribution in [1.29, 1.82) is 0 Å². The zero-order valence-electron chi connectivity index (χ0n) is 16.9. The first-order valence-corrected chi connectivity index (χ1v) is 8.95. The second kappa shape index (κ2) is 8.76. The largest absolute Gasteiger partial charge is 0.478 e. The number of hydrogen-bond donors (Lipinski definition) is 4. The van der Waals surface area contributed by atoms with E-state index in [9.17, 15) is 54.3 Å². The molecule has 36 heavy (non-hydrogen) atoms. The SMILES string of the molecule is O=C(O)c1ccc(C(F)(F)C(F)(F)C(F)(F)C(F)(F)c2ccc(C(=O)O)c(C(=O)O)c2)cc1C(=O)O. The highest BCUT2D eigenvalue weighted by molar-refractivity contribution is 6.02. The second-order valence-electron chi connectivity index (χ2n) is 7.04. The number of carboxylic acid groups (broad SMARTS) is 4. The molecule has 0 radical (unpaired) electrons. The molecule has 0 saturated heterocycles. The summed E-state index contributed by atoms with van der Waals surface area (Å²) in [6, 6.07) is -1.04. The Kier molecular flexibility index (Phi) is 6.82. The van der Waals surface area contributed by atoms with Crippen molar-refractivity contribution in [3.05, 3.63) is 69.8 Å². The lowest BCUT2D eigenvalue weighted by Crippen LogP contribution is -2.59. The van der Waals surface area contributed by atoms with Gasteiger partial charge in [0.2, 0.25) is 0 Å². The van der Waals surface area contributed by atoms with E-state index in [0.717, 1.165) is 0 Å². The number of alkyl halides is 8. The standard InChI is InChI=1S/C20H10F8O8/c21-17(22,7-1-3-9(13(29)30)11(5-7)15(33)34)19(25,26)20(27,28)18(23,24)8-2-4-10(14(31)32)12(6-8)16(35)36/h1-6H,(H,29,30)(H,31,32)(H,33,34)(H,35,36). The summed E-state index contributed by atoms with van der Waals surface area (Å²) in [5, 5.41) is 35.5. The quantitative estimate of drug-likeness (QED) is 0.343. The monoisotopic (exact) mass is 530 g/mol. The third kappa shape index (κ3) is 4.18. The molecule has 0 saturated carbocycles. The van der Waals surface area contributed by atoms with Gasteiger partial charge >= 0.3 is 47.6 Å². The number of benzene rings is 2. The van der Waals surface area contributed by atoms with Gasteiger partial charge in [0.05, 0.1) is 22.3 Å². The van der Waals surface area contributed by atoms with Gasteiger partial charge in [-0.2, -0.15) is 35.1 Å². The summed E-state index contributed by atoms with van der Waals surface area (Å²) in [5.41, 5.74) is -10.00. The van der Waals surface area contributed by atoms with E-state index in [1.807, 2.05) is 0 Å². The van der Waals surface area contributed by atoms with Crippen LogP contribution in [0.2, 0.25) is 0 Å². The topological polar surface area (TPSA) is 149 Å². The molecule has 4 N–H and O–H groups in total. The molecule has 0 heterocycles. The molecule has 0 unspecified atom stereocenters. The van der Waals surface area contributed by atoms with E-state index in [1.165, 1.54) is 0 Å². The van der Waals surface area contributed by atoms with Gasteiger partial charge < -0.3 is 20.4 Å². The van der Waals surface area contributed by atoms with Crippen LogP contribution in [0.25, 0.3) is 0 Å². The molecule has 0 aromatic heterocycles. The van der Waals surface area contributed by atoms with Gasteiger partial charge in [0, 0.05) is 11.1 Å². The fraction of sp³-hybridized carbons (Fsp3) is 0.200. The van der Waals surface area contributed by atoms with Gasteiger partial charge in [-0.1, -0.05) is 12.1 Å². The highest BCUT2D eigenvalue weighted by atomic mass is 19.4. The van der Waals surface area contributed by atoms with Gasteiger partial charge in [0.25, 0.3) is 0 Å². The van der Waals surface area contributed by atoms with Crippen molar-refractivity contribution in [1.82, 2.24) is 0 Å². The Morgan fingerprint density at radius 3 is 0.944 bits per heavy atom. The Morgan fingerprint density at radius 1 is 0.472 bits per heavy atom. The van der Waals surface area contributed by atoms with E-state index in [2.05, 4.69) is 0 Å². The predicted octanol–water partition coefficient (Wildman–Crippen LogP) is 4.63. The predicted molar refractivity (Wildman–Crippen MR) is 98.4 cm³/mol. The molecular formula is C20H10F8O8. The van der Waals surface area contributed by atoms with Crippen molar-refractivity contribution < 1.29 is 74.7 Å². The van der Waals surface area contributed by atoms with Crippen LogP contribution in [0.1, 0.15) is 52.6 Å². The highest BCUT2D eigenvalue weighted by Crippen LogP contribution is 2.59. The summed E-state index contributed by atoms with van der Waals surface area (Å²) in [5.74, 6) is -35.0. The van der Waals surface area contributed by atoms with Gasteiger partial charge in [-0.3, -0.25) is 0 Å². The molecule has 0 fully saturated rings. The molecule has 0 aliphatic carbocycles. The Hall–Kier alpha value is -4.24. The Labute approximate surface area is 193 Å². The zero-order valence-corrected chi connectivity index (χ0v) is 16.9. The molecule has 0 aliphatic rings. The fourth-order valence-electron chi connectivity index (χ4n) is 2.96. The first kappa shape index (κ1) is 28.0. The zero-order chi connectivity index (χ0) is 28.0. The van der Waals surface area contributed by atoms with Crippen molar-refractivity contribution in [2.45, 2.75) is 23.7 Å². The van der Waals surface area contributed by atoms with Crippen molar-refractivity contribution in [3.63, 3.8) is 0 Å². The highest BCUT2D eigenvalue weighted by Gasteiger charge is 2.81. The van der Waals surface area contributed by atoms with Crippen molar-refractivity contribution in [2.75, 3.05) is 0 Å². The number of halogens is 8. The molecule has 2 aromatic carbocycles. The third-order valence-electron chi connectivity index (χ3n) is 4.87. The lowest BCUT2D eigenvalue weighted by atomic mass is 9.88. The molecule has 0 aliphatic heterocycles. The third-order valence-corrected chi connectivity index (χ3v) is 4.87. The average molecular weight is 530 g/mol.